The van der Waals surface area contributed by atoms with Crippen molar-refractivity contribution in [3.8, 4) is 0 Å². The lowest BCUT2D eigenvalue weighted by Crippen LogP contribution is -2.34. The molecule has 1 amide bonds. The Kier molecular flexibility index (Phi) is 5.34. The largest absolute Gasteiger partial charge is 0.349 e. The second-order valence-electron chi connectivity index (χ2n) is 6.90. The molecule has 0 saturated carbocycles. The van der Waals surface area contributed by atoms with Gasteiger partial charge in [0.2, 0.25) is 5.91 Å². The van der Waals surface area contributed by atoms with E-state index in [0.29, 0.717) is 0 Å². The molecule has 1 N–H and O–H groups in total. The Morgan fingerprint density at radius 1 is 1.38 bits per heavy atom. The van der Waals surface area contributed by atoms with Gasteiger partial charge in [-0.1, -0.05) is 37.3 Å². The van der Waals surface area contributed by atoms with Gasteiger partial charge >= 0.3 is 0 Å². The van der Waals surface area contributed by atoms with Crippen LogP contribution in [0.3, 0.4) is 0 Å². The molecule has 24 heavy (non-hydrogen) atoms. The number of hydrogen-bond acceptors (Lipinski definition) is 2. The number of carbonyl (C=O) groups is 1. The van der Waals surface area contributed by atoms with E-state index in [1.54, 1.807) is 0 Å². The first-order valence-corrected chi connectivity index (χ1v) is 9.00. The summed E-state index contributed by atoms with van der Waals surface area (Å²) in [4.78, 5) is 12.5. The lowest BCUT2D eigenvalue weighted by atomic mass is 9.92. The molecule has 3 rings (SSSR count). The van der Waals surface area contributed by atoms with Crippen LogP contribution in [-0.2, 0) is 24.7 Å². The van der Waals surface area contributed by atoms with Crippen molar-refractivity contribution < 1.29 is 4.79 Å². The normalized spacial score (nSPS) is 18.0. The summed E-state index contributed by atoms with van der Waals surface area (Å²) in [5.74, 6) is 0.223. The van der Waals surface area contributed by atoms with Crippen LogP contribution < -0.4 is 5.32 Å². The Bertz CT molecular complexity index is 677. The van der Waals surface area contributed by atoms with Crippen LogP contribution in [-0.4, -0.2) is 15.7 Å². The van der Waals surface area contributed by atoms with Gasteiger partial charge in [0.1, 0.15) is 0 Å². The van der Waals surface area contributed by atoms with E-state index < -0.39 is 0 Å². The topological polar surface area (TPSA) is 46.9 Å². The van der Waals surface area contributed by atoms with Gasteiger partial charge in [-0.15, -0.1) is 0 Å². The van der Waals surface area contributed by atoms with Crippen LogP contribution in [0.4, 0.5) is 0 Å². The highest BCUT2D eigenvalue weighted by atomic mass is 16.1. The molecule has 0 spiro atoms. The van der Waals surface area contributed by atoms with Crippen molar-refractivity contribution in [1.82, 2.24) is 15.1 Å². The van der Waals surface area contributed by atoms with Crippen LogP contribution in [0.2, 0.25) is 0 Å². The first kappa shape index (κ1) is 16.7. The van der Waals surface area contributed by atoms with Crippen LogP contribution >= 0.6 is 0 Å². The molecule has 0 unspecified atom stereocenters. The molecule has 0 saturated heterocycles. The summed E-state index contributed by atoms with van der Waals surface area (Å²) in [5, 5.41) is 7.59. The fraction of sp³-hybridized carbons (Fsp3) is 0.500. The third-order valence-corrected chi connectivity index (χ3v) is 5.09. The molecule has 4 nitrogen and oxygen atoms in total. The van der Waals surface area contributed by atoms with E-state index in [1.807, 2.05) is 30.9 Å². The van der Waals surface area contributed by atoms with Crippen LogP contribution in [0, 0.1) is 5.92 Å². The Balaban J connectivity index is 1.50. The Labute approximate surface area is 144 Å². The molecule has 0 aliphatic heterocycles. The molecule has 0 fully saturated rings. The van der Waals surface area contributed by atoms with Gasteiger partial charge in [-0.05, 0) is 44.1 Å². The smallest absolute Gasteiger partial charge is 0.223 e. The lowest BCUT2D eigenvalue weighted by molar-refractivity contribution is -0.125. The van der Waals surface area contributed by atoms with E-state index >= 15 is 0 Å². The minimum absolute atomic E-state index is 0.0516. The molecule has 1 aromatic heterocycles. The van der Waals surface area contributed by atoms with E-state index in [-0.39, 0.29) is 17.9 Å². The van der Waals surface area contributed by atoms with Gasteiger partial charge in [-0.2, -0.15) is 5.10 Å². The number of fused-ring (bicyclic) bond motifs is 1. The summed E-state index contributed by atoms with van der Waals surface area (Å²) in [6, 6.07) is 10.6. The number of nitrogens with zero attached hydrogens (tertiary/aromatic N) is 2. The van der Waals surface area contributed by atoms with Crippen LogP contribution in [0.1, 0.15) is 55.5 Å². The predicted molar refractivity (Wildman–Crippen MR) is 95.6 cm³/mol. The Hall–Kier alpha value is -2.10. The van der Waals surface area contributed by atoms with Crippen molar-refractivity contribution in [2.75, 3.05) is 0 Å². The molecule has 4 heteroatoms. The third-order valence-electron chi connectivity index (χ3n) is 5.09. The van der Waals surface area contributed by atoms with Gasteiger partial charge < -0.3 is 5.32 Å². The zero-order valence-corrected chi connectivity index (χ0v) is 14.7. The summed E-state index contributed by atoms with van der Waals surface area (Å²) in [7, 11) is 1.98. The summed E-state index contributed by atoms with van der Waals surface area (Å²) >= 11 is 0. The van der Waals surface area contributed by atoms with E-state index in [1.165, 1.54) is 16.8 Å². The number of nitrogens with one attached hydrogen (secondary N) is 1. The van der Waals surface area contributed by atoms with Crippen molar-refractivity contribution in [2.24, 2.45) is 13.0 Å². The molecular formula is C20H27N3O. The molecule has 1 heterocycles. The molecule has 2 aromatic rings. The number of rotatable bonds is 6. The van der Waals surface area contributed by atoms with Crippen LogP contribution in [0.5, 0.6) is 0 Å². The monoisotopic (exact) mass is 325 g/mol. The fourth-order valence-corrected chi connectivity index (χ4v) is 3.56. The lowest BCUT2D eigenvalue weighted by Gasteiger charge is -2.25. The highest BCUT2D eigenvalue weighted by Gasteiger charge is 2.26. The van der Waals surface area contributed by atoms with Gasteiger partial charge in [0, 0.05) is 24.2 Å². The number of amides is 1. The number of aryl methyl sites for hydroxylation is 2. The van der Waals surface area contributed by atoms with Gasteiger partial charge in [0.15, 0.2) is 0 Å². The first-order chi connectivity index (χ1) is 11.6. The van der Waals surface area contributed by atoms with Gasteiger partial charge in [0.05, 0.1) is 12.2 Å². The molecule has 1 aliphatic rings. The minimum Gasteiger partial charge on any atom is -0.349 e. The van der Waals surface area contributed by atoms with Crippen LogP contribution in [0.15, 0.2) is 36.5 Å². The van der Waals surface area contributed by atoms with Crippen molar-refractivity contribution in [2.45, 2.75) is 51.5 Å². The average molecular weight is 325 g/mol. The maximum Gasteiger partial charge on any atom is 0.223 e. The molecule has 0 radical (unpaired) electrons. The molecule has 1 aromatic carbocycles. The molecule has 0 bridgehead atoms. The highest BCUT2D eigenvalue weighted by Crippen LogP contribution is 2.29. The number of benzene rings is 1. The SMILES string of the molecule is C[C@@H](CCCc1ccccc1)C(=O)N[C@@H]1CCCc2c1cnn2C. The van der Waals surface area contributed by atoms with Gasteiger partial charge in [-0.3, -0.25) is 9.48 Å². The zero-order valence-electron chi connectivity index (χ0n) is 14.7. The van der Waals surface area contributed by atoms with E-state index in [2.05, 4.69) is 34.7 Å². The molecule has 128 valence electrons. The quantitative estimate of drug-likeness (QED) is 0.882. The average Bonchev–Trinajstić information content (AvgIpc) is 2.98. The first-order valence-electron chi connectivity index (χ1n) is 9.00. The number of carbonyl (C=O) groups excluding carboxylic acids is 1. The Morgan fingerprint density at radius 2 is 2.17 bits per heavy atom. The maximum atomic E-state index is 12.5. The Morgan fingerprint density at radius 3 is 2.96 bits per heavy atom. The second-order valence-corrected chi connectivity index (χ2v) is 6.90. The van der Waals surface area contributed by atoms with E-state index in [4.69, 9.17) is 0 Å². The standard InChI is InChI=1S/C20H27N3O/c1-15(8-6-11-16-9-4-3-5-10-16)20(24)22-18-12-7-13-19-17(18)14-21-23(19)2/h3-5,9-10,14-15,18H,6-8,11-13H2,1-2H3,(H,22,24)/t15-,18+/m0/s1. The summed E-state index contributed by atoms with van der Waals surface area (Å²) in [6.45, 7) is 2.04. The number of aromatic nitrogens is 2. The maximum absolute atomic E-state index is 12.5. The molecular weight excluding hydrogens is 298 g/mol. The second kappa shape index (κ2) is 7.65. The zero-order chi connectivity index (χ0) is 16.9. The predicted octanol–water partition coefficient (Wildman–Crippen LogP) is 3.57. The minimum atomic E-state index is 0.0516. The van der Waals surface area contributed by atoms with Crippen molar-refractivity contribution in [1.29, 1.82) is 0 Å². The summed E-state index contributed by atoms with van der Waals surface area (Å²) in [5.41, 5.74) is 3.81. The van der Waals surface area contributed by atoms with Crippen molar-refractivity contribution >= 4 is 5.91 Å². The summed E-state index contributed by atoms with van der Waals surface area (Å²) < 4.78 is 1.94. The van der Waals surface area contributed by atoms with Gasteiger partial charge in [0.25, 0.3) is 0 Å². The van der Waals surface area contributed by atoms with Crippen molar-refractivity contribution in [3.63, 3.8) is 0 Å². The van der Waals surface area contributed by atoms with Crippen molar-refractivity contribution in [3.05, 3.63) is 53.3 Å². The van der Waals surface area contributed by atoms with Crippen LogP contribution in [0.25, 0.3) is 0 Å². The highest BCUT2D eigenvalue weighted by molar-refractivity contribution is 5.78. The van der Waals surface area contributed by atoms with E-state index in [0.717, 1.165) is 38.5 Å². The molecule has 1 aliphatic carbocycles. The van der Waals surface area contributed by atoms with Gasteiger partial charge in [-0.25, -0.2) is 0 Å². The number of hydrogen-bond donors (Lipinski definition) is 1. The molecule has 2 atom stereocenters. The summed E-state index contributed by atoms with van der Waals surface area (Å²) in [6.07, 6.45) is 8.11. The third kappa shape index (κ3) is 3.86. The fourth-order valence-electron chi connectivity index (χ4n) is 3.56. The van der Waals surface area contributed by atoms with E-state index in [9.17, 15) is 4.79 Å².